The summed E-state index contributed by atoms with van der Waals surface area (Å²) in [5.41, 5.74) is 6.00. The van der Waals surface area contributed by atoms with E-state index in [9.17, 15) is 4.79 Å². The van der Waals surface area contributed by atoms with Gasteiger partial charge in [-0.2, -0.15) is 0 Å². The molecule has 3 rings (SSSR count). The van der Waals surface area contributed by atoms with Gasteiger partial charge in [0.05, 0.1) is 5.56 Å². The van der Waals surface area contributed by atoms with Crippen LogP contribution in [-0.2, 0) is 6.54 Å². The molecule has 1 fully saturated rings. The fourth-order valence-corrected chi connectivity index (χ4v) is 3.40. The number of hydrogen-bond donors (Lipinski definition) is 1. The molecule has 3 heterocycles. The number of nitrogens with zero attached hydrogens (tertiary/aromatic N) is 5. The highest BCUT2D eigenvalue weighted by atomic mass is 16.1. The average Bonchev–Trinajstić information content (AvgIpc) is 3.08. The van der Waals surface area contributed by atoms with Crippen molar-refractivity contribution in [3.8, 4) is 0 Å². The number of imidazole rings is 1. The summed E-state index contributed by atoms with van der Waals surface area (Å²) in [4.78, 5) is 25.1. The van der Waals surface area contributed by atoms with Crippen LogP contribution < -0.4 is 10.6 Å². The van der Waals surface area contributed by atoms with Crippen LogP contribution in [-0.4, -0.2) is 59.1 Å². The smallest absolute Gasteiger partial charge is 0.252 e. The zero-order valence-corrected chi connectivity index (χ0v) is 14.9. The minimum Gasteiger partial charge on any atom is -0.365 e. The summed E-state index contributed by atoms with van der Waals surface area (Å²) in [6, 6.07) is 3.49. The maximum absolute atomic E-state index is 11.7. The second kappa shape index (κ2) is 7.65. The summed E-state index contributed by atoms with van der Waals surface area (Å²) in [7, 11) is 4.15. The van der Waals surface area contributed by atoms with Crippen molar-refractivity contribution in [2.45, 2.75) is 25.3 Å². The Labute approximate surface area is 148 Å². The van der Waals surface area contributed by atoms with Gasteiger partial charge in [-0.3, -0.25) is 4.79 Å². The van der Waals surface area contributed by atoms with Gasteiger partial charge in [-0.15, -0.1) is 0 Å². The van der Waals surface area contributed by atoms with E-state index in [0.29, 0.717) is 17.3 Å². The Morgan fingerprint density at radius 2 is 2.20 bits per heavy atom. The maximum Gasteiger partial charge on any atom is 0.252 e. The van der Waals surface area contributed by atoms with Gasteiger partial charge in [0.2, 0.25) is 0 Å². The predicted molar refractivity (Wildman–Crippen MR) is 97.7 cm³/mol. The maximum atomic E-state index is 11.7. The fraction of sp³-hybridized carbons (Fsp3) is 0.500. The first-order chi connectivity index (χ1) is 12.1. The summed E-state index contributed by atoms with van der Waals surface area (Å²) in [5.74, 6) is 1.69. The average molecular weight is 342 g/mol. The van der Waals surface area contributed by atoms with Gasteiger partial charge in [0.1, 0.15) is 11.6 Å². The van der Waals surface area contributed by atoms with Gasteiger partial charge in [-0.05, 0) is 39.1 Å². The van der Waals surface area contributed by atoms with E-state index in [4.69, 9.17) is 5.73 Å². The number of primary amides is 1. The van der Waals surface area contributed by atoms with Crippen LogP contribution in [0.15, 0.2) is 30.7 Å². The zero-order chi connectivity index (χ0) is 17.8. The molecule has 1 aliphatic heterocycles. The number of carbonyl (C=O) groups excluding carboxylic acids is 1. The van der Waals surface area contributed by atoms with Crippen LogP contribution in [0.1, 0.15) is 34.9 Å². The van der Waals surface area contributed by atoms with Crippen LogP contribution >= 0.6 is 0 Å². The Balaban J connectivity index is 1.79. The van der Waals surface area contributed by atoms with E-state index >= 15 is 0 Å². The molecule has 7 heteroatoms. The zero-order valence-electron chi connectivity index (χ0n) is 14.9. The van der Waals surface area contributed by atoms with Crippen molar-refractivity contribution in [3.05, 3.63) is 42.1 Å². The summed E-state index contributed by atoms with van der Waals surface area (Å²) in [6.07, 6.45) is 7.77. The number of nitrogens with two attached hydrogens (primary N) is 1. The first-order valence-electron chi connectivity index (χ1n) is 8.72. The number of likely N-dealkylation sites (N-methyl/N-ethyl adjacent to an activating group) is 1. The fourth-order valence-electron chi connectivity index (χ4n) is 3.40. The van der Waals surface area contributed by atoms with Crippen molar-refractivity contribution < 1.29 is 4.79 Å². The lowest BCUT2D eigenvalue weighted by Gasteiger charge is -2.34. The molecule has 1 amide bonds. The Kier molecular flexibility index (Phi) is 5.33. The molecule has 1 unspecified atom stereocenters. The summed E-state index contributed by atoms with van der Waals surface area (Å²) in [6.45, 7) is 3.59. The first kappa shape index (κ1) is 17.4. The van der Waals surface area contributed by atoms with Crippen LogP contribution in [0, 0.1) is 0 Å². The molecule has 0 aliphatic carbocycles. The molecule has 0 saturated carbocycles. The van der Waals surface area contributed by atoms with Gasteiger partial charge in [0, 0.05) is 50.7 Å². The molecule has 2 N–H and O–H groups in total. The van der Waals surface area contributed by atoms with E-state index in [0.717, 1.165) is 44.8 Å². The number of hydrogen-bond acceptors (Lipinski definition) is 5. The van der Waals surface area contributed by atoms with Gasteiger partial charge < -0.3 is 20.1 Å². The van der Waals surface area contributed by atoms with Crippen LogP contribution in [0.3, 0.4) is 0 Å². The van der Waals surface area contributed by atoms with Gasteiger partial charge in [-0.25, -0.2) is 9.97 Å². The minimum atomic E-state index is -0.433. The highest BCUT2D eigenvalue weighted by molar-refractivity contribution is 5.97. The Bertz CT molecular complexity index is 726. The van der Waals surface area contributed by atoms with Gasteiger partial charge in [0.15, 0.2) is 0 Å². The van der Waals surface area contributed by atoms with E-state index in [1.54, 1.807) is 18.3 Å². The van der Waals surface area contributed by atoms with Crippen molar-refractivity contribution in [3.63, 3.8) is 0 Å². The molecule has 134 valence electrons. The lowest BCUT2D eigenvalue weighted by molar-refractivity contribution is 0.100. The highest BCUT2D eigenvalue weighted by Gasteiger charge is 2.27. The van der Waals surface area contributed by atoms with Gasteiger partial charge in [-0.1, -0.05) is 0 Å². The molecular formula is C18H26N6O. The molecule has 1 aliphatic rings. The number of piperidine rings is 1. The molecule has 25 heavy (non-hydrogen) atoms. The molecule has 0 spiro atoms. The van der Waals surface area contributed by atoms with E-state index < -0.39 is 5.91 Å². The number of aromatic nitrogens is 3. The van der Waals surface area contributed by atoms with E-state index in [1.165, 1.54) is 0 Å². The van der Waals surface area contributed by atoms with Crippen LogP contribution in [0.5, 0.6) is 0 Å². The summed E-state index contributed by atoms with van der Waals surface area (Å²) in [5, 5.41) is 0. The highest BCUT2D eigenvalue weighted by Crippen LogP contribution is 2.29. The summed E-state index contributed by atoms with van der Waals surface area (Å²) < 4.78 is 2.24. The van der Waals surface area contributed by atoms with E-state index in [2.05, 4.69) is 38.4 Å². The van der Waals surface area contributed by atoms with Gasteiger partial charge in [0.25, 0.3) is 5.91 Å². The number of anilines is 1. The van der Waals surface area contributed by atoms with Crippen molar-refractivity contribution in [2.24, 2.45) is 5.73 Å². The van der Waals surface area contributed by atoms with Crippen LogP contribution in [0.4, 0.5) is 5.82 Å². The molecule has 0 radical (unpaired) electrons. The monoisotopic (exact) mass is 342 g/mol. The van der Waals surface area contributed by atoms with E-state index in [1.807, 2.05) is 12.4 Å². The minimum absolute atomic E-state index is 0.327. The molecular weight excluding hydrogens is 316 g/mol. The topological polar surface area (TPSA) is 80.3 Å². The second-order valence-electron chi connectivity index (χ2n) is 6.81. The molecule has 2 aromatic rings. The largest absolute Gasteiger partial charge is 0.365 e. The number of carbonyl (C=O) groups is 1. The molecule has 2 aromatic heterocycles. The van der Waals surface area contributed by atoms with Gasteiger partial charge >= 0.3 is 0 Å². The van der Waals surface area contributed by atoms with E-state index in [-0.39, 0.29) is 0 Å². The molecule has 7 nitrogen and oxygen atoms in total. The summed E-state index contributed by atoms with van der Waals surface area (Å²) >= 11 is 0. The van der Waals surface area contributed by atoms with Crippen molar-refractivity contribution in [1.29, 1.82) is 0 Å². The third-order valence-electron chi connectivity index (χ3n) is 4.67. The number of rotatable bonds is 6. The van der Waals surface area contributed by atoms with Crippen LogP contribution in [0.25, 0.3) is 0 Å². The normalized spacial score (nSPS) is 17.9. The van der Waals surface area contributed by atoms with Crippen molar-refractivity contribution in [1.82, 2.24) is 19.4 Å². The lowest BCUT2D eigenvalue weighted by Crippen LogP contribution is -2.37. The third-order valence-corrected chi connectivity index (χ3v) is 4.67. The van der Waals surface area contributed by atoms with Crippen LogP contribution in [0.2, 0.25) is 0 Å². The Morgan fingerprint density at radius 3 is 2.96 bits per heavy atom. The standard InChI is InChI=1S/C18H26N6O/c1-22(2)11-12-23-10-8-21-17(23)14-5-4-9-24(13-14)18-15(16(19)25)6-3-7-20-18/h3,6-8,10,14H,4-5,9,11-13H2,1-2H3,(H2,19,25). The second-order valence-corrected chi connectivity index (χ2v) is 6.81. The Morgan fingerprint density at radius 1 is 1.36 bits per heavy atom. The third kappa shape index (κ3) is 3.99. The number of pyridine rings is 1. The molecule has 0 aromatic carbocycles. The molecule has 1 saturated heterocycles. The van der Waals surface area contributed by atoms with Crippen molar-refractivity contribution >= 4 is 11.7 Å². The quantitative estimate of drug-likeness (QED) is 0.856. The molecule has 1 atom stereocenters. The predicted octanol–water partition coefficient (Wildman–Crippen LogP) is 1.32. The lowest BCUT2D eigenvalue weighted by atomic mass is 9.96. The number of amides is 1. The Hall–Kier alpha value is -2.41. The SMILES string of the molecule is CN(C)CCn1ccnc1C1CCCN(c2ncccc2C(N)=O)C1. The molecule has 0 bridgehead atoms. The first-order valence-corrected chi connectivity index (χ1v) is 8.72. The van der Waals surface area contributed by atoms with Crippen molar-refractivity contribution in [2.75, 3.05) is 38.6 Å².